The summed E-state index contributed by atoms with van der Waals surface area (Å²) in [5.74, 6) is 0. The summed E-state index contributed by atoms with van der Waals surface area (Å²) in [6, 6.07) is 9.41. The Labute approximate surface area is 99.7 Å². The van der Waals surface area contributed by atoms with Crippen LogP contribution in [-0.2, 0) is 6.42 Å². The summed E-state index contributed by atoms with van der Waals surface area (Å²) in [5.41, 5.74) is 2.81. The lowest BCUT2D eigenvalue weighted by molar-refractivity contribution is 0.353. The molecule has 16 heavy (non-hydrogen) atoms. The SMILES string of the molecule is CCCc1ccc(C(CN(C)C)NC)cc1. The molecule has 0 radical (unpaired) electrons. The Morgan fingerprint density at radius 3 is 2.25 bits per heavy atom. The van der Waals surface area contributed by atoms with Crippen molar-refractivity contribution in [3.8, 4) is 0 Å². The average molecular weight is 220 g/mol. The van der Waals surface area contributed by atoms with Gasteiger partial charge in [-0.05, 0) is 38.7 Å². The summed E-state index contributed by atoms with van der Waals surface area (Å²) in [5, 5.41) is 3.36. The first-order valence-electron chi connectivity index (χ1n) is 6.08. The number of likely N-dealkylation sites (N-methyl/N-ethyl adjacent to an activating group) is 2. The van der Waals surface area contributed by atoms with Crippen molar-refractivity contribution < 1.29 is 0 Å². The molecule has 0 aromatic heterocycles. The lowest BCUT2D eigenvalue weighted by atomic mass is 10.0. The Balaban J connectivity index is 2.70. The van der Waals surface area contributed by atoms with Gasteiger partial charge in [0.25, 0.3) is 0 Å². The lowest BCUT2D eigenvalue weighted by Gasteiger charge is -2.21. The van der Waals surface area contributed by atoms with Gasteiger partial charge in [0.05, 0.1) is 0 Å². The number of rotatable bonds is 6. The molecular weight excluding hydrogens is 196 g/mol. The highest BCUT2D eigenvalue weighted by Crippen LogP contribution is 2.15. The fourth-order valence-corrected chi connectivity index (χ4v) is 1.93. The fraction of sp³-hybridized carbons (Fsp3) is 0.571. The Bertz CT molecular complexity index is 290. The summed E-state index contributed by atoms with van der Waals surface area (Å²) in [7, 11) is 6.24. The monoisotopic (exact) mass is 220 g/mol. The highest BCUT2D eigenvalue weighted by molar-refractivity contribution is 5.25. The van der Waals surface area contributed by atoms with Gasteiger partial charge in [-0.3, -0.25) is 0 Å². The Hall–Kier alpha value is -0.860. The van der Waals surface area contributed by atoms with Gasteiger partial charge in [0, 0.05) is 12.6 Å². The number of nitrogens with one attached hydrogen (secondary N) is 1. The summed E-state index contributed by atoms with van der Waals surface area (Å²) in [4.78, 5) is 2.21. The number of hydrogen-bond donors (Lipinski definition) is 1. The number of nitrogens with zero attached hydrogens (tertiary/aromatic N) is 1. The van der Waals surface area contributed by atoms with Crippen LogP contribution in [0, 0.1) is 0 Å². The second-order valence-corrected chi connectivity index (χ2v) is 4.60. The molecule has 0 amide bonds. The summed E-state index contributed by atoms with van der Waals surface area (Å²) in [6.07, 6.45) is 2.39. The highest BCUT2D eigenvalue weighted by Gasteiger charge is 2.09. The van der Waals surface area contributed by atoms with E-state index in [1.165, 1.54) is 24.0 Å². The maximum atomic E-state index is 3.36. The molecule has 1 atom stereocenters. The van der Waals surface area contributed by atoms with Crippen molar-refractivity contribution >= 4 is 0 Å². The van der Waals surface area contributed by atoms with Gasteiger partial charge in [-0.2, -0.15) is 0 Å². The molecular formula is C14H24N2. The highest BCUT2D eigenvalue weighted by atomic mass is 15.1. The topological polar surface area (TPSA) is 15.3 Å². The van der Waals surface area contributed by atoms with Crippen molar-refractivity contribution in [3.05, 3.63) is 35.4 Å². The van der Waals surface area contributed by atoms with Crippen molar-refractivity contribution in [1.82, 2.24) is 10.2 Å². The molecule has 2 nitrogen and oxygen atoms in total. The van der Waals surface area contributed by atoms with E-state index >= 15 is 0 Å². The maximum absolute atomic E-state index is 3.36. The van der Waals surface area contributed by atoms with E-state index in [4.69, 9.17) is 0 Å². The standard InChI is InChI=1S/C14H24N2/c1-5-6-12-7-9-13(10-8-12)14(15-2)11-16(3)4/h7-10,14-15H,5-6,11H2,1-4H3. The molecule has 1 unspecified atom stereocenters. The molecule has 0 saturated heterocycles. The van der Waals surface area contributed by atoms with E-state index in [0.29, 0.717) is 6.04 Å². The van der Waals surface area contributed by atoms with Crippen molar-refractivity contribution in [2.75, 3.05) is 27.7 Å². The molecule has 1 rings (SSSR count). The minimum atomic E-state index is 0.422. The van der Waals surface area contributed by atoms with Crippen LogP contribution < -0.4 is 5.32 Å². The third-order valence-corrected chi connectivity index (χ3v) is 2.82. The van der Waals surface area contributed by atoms with Gasteiger partial charge in [-0.1, -0.05) is 37.6 Å². The van der Waals surface area contributed by atoms with E-state index in [-0.39, 0.29) is 0 Å². The zero-order valence-corrected chi connectivity index (χ0v) is 11.0. The molecule has 0 aliphatic carbocycles. The van der Waals surface area contributed by atoms with Gasteiger partial charge < -0.3 is 10.2 Å². The van der Waals surface area contributed by atoms with Crippen LogP contribution in [0.2, 0.25) is 0 Å². The summed E-state index contributed by atoms with van der Waals surface area (Å²) < 4.78 is 0. The molecule has 2 heteroatoms. The molecule has 0 bridgehead atoms. The van der Waals surface area contributed by atoms with Gasteiger partial charge in [-0.15, -0.1) is 0 Å². The third-order valence-electron chi connectivity index (χ3n) is 2.82. The van der Waals surface area contributed by atoms with Crippen LogP contribution in [0.25, 0.3) is 0 Å². The van der Waals surface area contributed by atoms with Crippen molar-refractivity contribution in [3.63, 3.8) is 0 Å². The van der Waals surface area contributed by atoms with E-state index < -0.39 is 0 Å². The van der Waals surface area contributed by atoms with E-state index in [1.807, 2.05) is 7.05 Å². The predicted molar refractivity (Wildman–Crippen MR) is 70.8 cm³/mol. The molecule has 1 N–H and O–H groups in total. The Morgan fingerprint density at radius 1 is 1.19 bits per heavy atom. The minimum absolute atomic E-state index is 0.422. The van der Waals surface area contributed by atoms with Crippen molar-refractivity contribution in [1.29, 1.82) is 0 Å². The van der Waals surface area contributed by atoms with Crippen LogP contribution >= 0.6 is 0 Å². The second-order valence-electron chi connectivity index (χ2n) is 4.60. The van der Waals surface area contributed by atoms with Crippen LogP contribution in [0.15, 0.2) is 24.3 Å². The van der Waals surface area contributed by atoms with Gasteiger partial charge in [0.2, 0.25) is 0 Å². The van der Waals surface area contributed by atoms with Crippen LogP contribution in [0.1, 0.15) is 30.5 Å². The van der Waals surface area contributed by atoms with Gasteiger partial charge in [-0.25, -0.2) is 0 Å². The number of benzene rings is 1. The molecule has 0 saturated carbocycles. The molecule has 0 spiro atoms. The average Bonchev–Trinajstić information content (AvgIpc) is 2.27. The lowest BCUT2D eigenvalue weighted by Crippen LogP contribution is -2.28. The smallest absolute Gasteiger partial charge is 0.0446 e. The first kappa shape index (κ1) is 13.2. The number of aryl methyl sites for hydroxylation is 1. The largest absolute Gasteiger partial charge is 0.312 e. The Morgan fingerprint density at radius 2 is 1.81 bits per heavy atom. The normalized spacial score (nSPS) is 13.1. The van der Waals surface area contributed by atoms with E-state index in [2.05, 4.69) is 55.5 Å². The van der Waals surface area contributed by atoms with E-state index in [9.17, 15) is 0 Å². The molecule has 0 heterocycles. The zero-order valence-electron chi connectivity index (χ0n) is 11.0. The molecule has 90 valence electrons. The maximum Gasteiger partial charge on any atom is 0.0446 e. The number of hydrogen-bond acceptors (Lipinski definition) is 2. The molecule has 1 aromatic carbocycles. The van der Waals surface area contributed by atoms with Gasteiger partial charge in [0.15, 0.2) is 0 Å². The first-order valence-corrected chi connectivity index (χ1v) is 6.08. The second kappa shape index (κ2) is 6.66. The van der Waals surface area contributed by atoms with Gasteiger partial charge >= 0.3 is 0 Å². The van der Waals surface area contributed by atoms with Crippen molar-refractivity contribution in [2.45, 2.75) is 25.8 Å². The minimum Gasteiger partial charge on any atom is -0.312 e. The summed E-state index contributed by atoms with van der Waals surface area (Å²) in [6.45, 7) is 3.25. The van der Waals surface area contributed by atoms with Crippen molar-refractivity contribution in [2.24, 2.45) is 0 Å². The molecule has 0 aliphatic heterocycles. The van der Waals surface area contributed by atoms with E-state index in [1.54, 1.807) is 0 Å². The quantitative estimate of drug-likeness (QED) is 0.792. The van der Waals surface area contributed by atoms with Crippen LogP contribution in [-0.4, -0.2) is 32.6 Å². The fourth-order valence-electron chi connectivity index (χ4n) is 1.93. The first-order chi connectivity index (χ1) is 7.67. The van der Waals surface area contributed by atoms with Crippen LogP contribution in [0.4, 0.5) is 0 Å². The molecule has 0 aliphatic rings. The third kappa shape index (κ3) is 3.95. The van der Waals surface area contributed by atoms with Gasteiger partial charge in [0.1, 0.15) is 0 Å². The zero-order chi connectivity index (χ0) is 12.0. The summed E-state index contributed by atoms with van der Waals surface area (Å²) >= 11 is 0. The molecule has 1 aromatic rings. The van der Waals surface area contributed by atoms with Crippen LogP contribution in [0.3, 0.4) is 0 Å². The molecule has 0 fully saturated rings. The predicted octanol–water partition coefficient (Wildman–Crippen LogP) is 2.46. The van der Waals surface area contributed by atoms with E-state index in [0.717, 1.165) is 6.54 Å². The van der Waals surface area contributed by atoms with Crippen LogP contribution in [0.5, 0.6) is 0 Å². The Kier molecular flexibility index (Phi) is 5.50.